The zero-order valence-corrected chi connectivity index (χ0v) is 19.5. The summed E-state index contributed by atoms with van der Waals surface area (Å²) in [5.74, 6) is 0. The Labute approximate surface area is 202 Å². The molecule has 5 aromatic rings. The quantitative estimate of drug-likeness (QED) is 0.322. The van der Waals surface area contributed by atoms with E-state index in [1.54, 1.807) is 29.8 Å². The number of aryl methyl sites for hydroxylation is 2. The minimum absolute atomic E-state index is 0.160. The highest BCUT2D eigenvalue weighted by Crippen LogP contribution is 2.31. The summed E-state index contributed by atoms with van der Waals surface area (Å²) in [6.07, 6.45) is -4.52. The molecule has 5 nitrogen and oxygen atoms in total. The second kappa shape index (κ2) is 8.16. The van der Waals surface area contributed by atoms with Crippen molar-refractivity contribution in [1.82, 2.24) is 13.7 Å². The van der Waals surface area contributed by atoms with E-state index in [1.165, 1.54) is 22.8 Å². The number of hydrogen-bond donors (Lipinski definition) is 0. The van der Waals surface area contributed by atoms with Crippen LogP contribution in [0.25, 0.3) is 27.6 Å². The molecule has 0 radical (unpaired) electrons. The van der Waals surface area contributed by atoms with E-state index in [4.69, 9.17) is 11.6 Å². The lowest BCUT2D eigenvalue weighted by Crippen LogP contribution is -2.39. The van der Waals surface area contributed by atoms with Crippen molar-refractivity contribution in [2.45, 2.75) is 19.6 Å². The first kappa shape index (κ1) is 23.0. The first-order valence-electron chi connectivity index (χ1n) is 10.7. The van der Waals surface area contributed by atoms with E-state index >= 15 is 0 Å². The Bertz CT molecular complexity index is 1750. The van der Waals surface area contributed by atoms with Gasteiger partial charge in [-0.25, -0.2) is 9.36 Å². The first-order valence-corrected chi connectivity index (χ1v) is 11.1. The minimum Gasteiger partial charge on any atom is -0.338 e. The monoisotopic (exact) mass is 497 g/mol. The molecule has 0 amide bonds. The number of fused-ring (bicyclic) bond motifs is 3. The zero-order valence-electron chi connectivity index (χ0n) is 18.7. The summed E-state index contributed by atoms with van der Waals surface area (Å²) in [4.78, 5) is 27.5. The van der Waals surface area contributed by atoms with Crippen molar-refractivity contribution in [1.29, 1.82) is 0 Å². The standard InChI is InChI=1S/C26H19ClF3N3O2/c1-15-9-10-21-20(11-15)22-23(31(21)2)24(34)33(19-8-4-7-18(27)13-19)25(35)32(22)14-16-5-3-6-17(12-16)26(28,29)30/h3-13H,14H2,1-2H3. The summed E-state index contributed by atoms with van der Waals surface area (Å²) >= 11 is 6.12. The van der Waals surface area contributed by atoms with Crippen LogP contribution < -0.4 is 11.2 Å². The van der Waals surface area contributed by atoms with Gasteiger partial charge in [0.25, 0.3) is 5.56 Å². The van der Waals surface area contributed by atoms with E-state index in [0.717, 1.165) is 27.8 Å². The van der Waals surface area contributed by atoms with Crippen molar-refractivity contribution in [3.8, 4) is 5.69 Å². The Kier molecular flexibility index (Phi) is 5.36. The van der Waals surface area contributed by atoms with Gasteiger partial charge in [0, 0.05) is 17.5 Å². The molecule has 0 unspecified atom stereocenters. The van der Waals surface area contributed by atoms with Gasteiger partial charge in [-0.3, -0.25) is 9.36 Å². The molecular weight excluding hydrogens is 479 g/mol. The summed E-state index contributed by atoms with van der Waals surface area (Å²) in [5.41, 5.74) is 0.814. The summed E-state index contributed by atoms with van der Waals surface area (Å²) in [5, 5.41) is 1.01. The Hall–Kier alpha value is -3.78. The summed E-state index contributed by atoms with van der Waals surface area (Å²) < 4.78 is 44.1. The van der Waals surface area contributed by atoms with Crippen LogP contribution in [-0.2, 0) is 19.8 Å². The van der Waals surface area contributed by atoms with Gasteiger partial charge in [0.2, 0.25) is 0 Å². The SMILES string of the molecule is Cc1ccc2c(c1)c1c(c(=O)n(-c3cccc(Cl)c3)c(=O)n1Cc1cccc(C(F)(F)F)c1)n2C. The molecule has 2 aromatic heterocycles. The van der Waals surface area contributed by atoms with Gasteiger partial charge >= 0.3 is 11.9 Å². The van der Waals surface area contributed by atoms with Crippen LogP contribution >= 0.6 is 11.6 Å². The van der Waals surface area contributed by atoms with Crippen LogP contribution in [0.2, 0.25) is 5.02 Å². The fraction of sp³-hybridized carbons (Fsp3) is 0.154. The van der Waals surface area contributed by atoms with Crippen molar-refractivity contribution in [3.05, 3.63) is 109 Å². The van der Waals surface area contributed by atoms with E-state index < -0.39 is 23.0 Å². The van der Waals surface area contributed by atoms with Crippen LogP contribution in [0.15, 0.2) is 76.3 Å². The van der Waals surface area contributed by atoms with Gasteiger partial charge < -0.3 is 4.57 Å². The summed E-state index contributed by atoms with van der Waals surface area (Å²) in [6.45, 7) is 1.73. The van der Waals surface area contributed by atoms with Crippen molar-refractivity contribution in [3.63, 3.8) is 0 Å². The van der Waals surface area contributed by atoms with Crippen LogP contribution in [0, 0.1) is 6.92 Å². The van der Waals surface area contributed by atoms with Crippen LogP contribution in [-0.4, -0.2) is 13.7 Å². The predicted octanol–water partition coefficient (Wildman–Crippen LogP) is 5.67. The third kappa shape index (κ3) is 3.83. The van der Waals surface area contributed by atoms with Gasteiger partial charge in [0.15, 0.2) is 0 Å². The molecule has 2 heterocycles. The molecule has 0 atom stereocenters. The largest absolute Gasteiger partial charge is 0.416 e. The smallest absolute Gasteiger partial charge is 0.338 e. The van der Waals surface area contributed by atoms with E-state index in [1.807, 2.05) is 25.1 Å². The lowest BCUT2D eigenvalue weighted by Gasteiger charge is -2.15. The molecule has 9 heteroatoms. The number of aromatic nitrogens is 3. The average Bonchev–Trinajstić information content (AvgIpc) is 3.08. The number of rotatable bonds is 3. The number of nitrogens with zero attached hydrogens (tertiary/aromatic N) is 3. The Morgan fingerprint density at radius 3 is 2.37 bits per heavy atom. The number of benzene rings is 3. The van der Waals surface area contributed by atoms with Crippen molar-refractivity contribution >= 4 is 33.5 Å². The van der Waals surface area contributed by atoms with E-state index in [9.17, 15) is 22.8 Å². The number of alkyl halides is 3. The number of hydrogen-bond acceptors (Lipinski definition) is 2. The van der Waals surface area contributed by atoms with Gasteiger partial charge in [-0.15, -0.1) is 0 Å². The Balaban J connectivity index is 1.90. The Morgan fingerprint density at radius 2 is 1.66 bits per heavy atom. The summed E-state index contributed by atoms with van der Waals surface area (Å²) in [6, 6.07) is 16.8. The first-order chi connectivity index (χ1) is 16.6. The van der Waals surface area contributed by atoms with E-state index in [0.29, 0.717) is 15.9 Å². The highest BCUT2D eigenvalue weighted by Gasteiger charge is 2.30. The van der Waals surface area contributed by atoms with Crippen molar-refractivity contribution in [2.24, 2.45) is 7.05 Å². The van der Waals surface area contributed by atoms with Crippen LogP contribution in [0.1, 0.15) is 16.7 Å². The molecular formula is C26H19ClF3N3O2. The molecule has 3 aromatic carbocycles. The molecule has 0 aliphatic rings. The molecule has 0 aliphatic carbocycles. The third-order valence-electron chi connectivity index (χ3n) is 6.09. The normalized spacial score (nSPS) is 12.1. The molecule has 0 N–H and O–H groups in total. The zero-order chi connectivity index (χ0) is 25.1. The Morgan fingerprint density at radius 1 is 0.914 bits per heavy atom. The molecule has 0 aliphatic heterocycles. The average molecular weight is 498 g/mol. The van der Waals surface area contributed by atoms with Crippen LogP contribution in [0.4, 0.5) is 13.2 Å². The van der Waals surface area contributed by atoms with Gasteiger partial charge in [-0.05, 0) is 55.0 Å². The van der Waals surface area contributed by atoms with E-state index in [-0.39, 0.29) is 23.3 Å². The molecule has 0 bridgehead atoms. The van der Waals surface area contributed by atoms with Gasteiger partial charge in [-0.1, -0.05) is 41.4 Å². The highest BCUT2D eigenvalue weighted by atomic mass is 35.5. The maximum absolute atomic E-state index is 13.8. The van der Waals surface area contributed by atoms with Crippen LogP contribution in [0.3, 0.4) is 0 Å². The van der Waals surface area contributed by atoms with Crippen molar-refractivity contribution in [2.75, 3.05) is 0 Å². The third-order valence-corrected chi connectivity index (χ3v) is 6.32. The number of halogens is 4. The van der Waals surface area contributed by atoms with E-state index in [2.05, 4.69) is 0 Å². The molecule has 35 heavy (non-hydrogen) atoms. The lowest BCUT2D eigenvalue weighted by molar-refractivity contribution is -0.137. The fourth-order valence-corrected chi connectivity index (χ4v) is 4.67. The maximum Gasteiger partial charge on any atom is 0.416 e. The second-order valence-corrected chi connectivity index (χ2v) is 8.90. The lowest BCUT2D eigenvalue weighted by atomic mass is 10.1. The predicted molar refractivity (Wildman–Crippen MR) is 131 cm³/mol. The molecule has 0 saturated carbocycles. The van der Waals surface area contributed by atoms with Gasteiger partial charge in [0.05, 0.1) is 28.8 Å². The molecule has 178 valence electrons. The van der Waals surface area contributed by atoms with Crippen LogP contribution in [0.5, 0.6) is 0 Å². The highest BCUT2D eigenvalue weighted by molar-refractivity contribution is 6.30. The van der Waals surface area contributed by atoms with Crippen molar-refractivity contribution < 1.29 is 13.2 Å². The van der Waals surface area contributed by atoms with Gasteiger partial charge in [0.1, 0.15) is 5.52 Å². The summed E-state index contributed by atoms with van der Waals surface area (Å²) in [7, 11) is 1.73. The maximum atomic E-state index is 13.8. The van der Waals surface area contributed by atoms with Gasteiger partial charge in [-0.2, -0.15) is 13.2 Å². The fourth-order valence-electron chi connectivity index (χ4n) is 4.48. The molecule has 0 fully saturated rings. The molecule has 0 spiro atoms. The topological polar surface area (TPSA) is 48.9 Å². The second-order valence-electron chi connectivity index (χ2n) is 8.46. The molecule has 5 rings (SSSR count). The minimum atomic E-state index is -4.52. The molecule has 0 saturated heterocycles.